The Hall–Kier alpha value is 0.340. The van der Waals surface area contributed by atoms with Crippen molar-refractivity contribution in [1.29, 1.82) is 0 Å². The van der Waals surface area contributed by atoms with Gasteiger partial charge in [-0.2, -0.15) is 4.31 Å². The van der Waals surface area contributed by atoms with Crippen molar-refractivity contribution in [2.45, 2.75) is 23.1 Å². The summed E-state index contributed by atoms with van der Waals surface area (Å²) in [5.41, 5.74) is 5.79. The van der Waals surface area contributed by atoms with Crippen molar-refractivity contribution < 1.29 is 8.42 Å². The Morgan fingerprint density at radius 3 is 2.71 bits per heavy atom. The average Bonchev–Trinajstić information content (AvgIpc) is 2.65. The van der Waals surface area contributed by atoms with E-state index >= 15 is 0 Å². The van der Waals surface area contributed by atoms with Gasteiger partial charge >= 0.3 is 0 Å². The fourth-order valence-electron chi connectivity index (χ4n) is 1.76. The first-order chi connectivity index (χ1) is 7.50. The zero-order chi connectivity index (χ0) is 11.8. The van der Waals surface area contributed by atoms with Gasteiger partial charge in [-0.05, 0) is 40.9 Å². The molecule has 98 valence electrons. The van der Waals surface area contributed by atoms with Gasteiger partial charge in [0, 0.05) is 19.1 Å². The number of hydrogen-bond donors (Lipinski definition) is 1. The van der Waals surface area contributed by atoms with Crippen LogP contribution >= 0.6 is 39.7 Å². The first-order valence-electron chi connectivity index (χ1n) is 5.01. The Morgan fingerprint density at radius 1 is 1.47 bits per heavy atom. The van der Waals surface area contributed by atoms with E-state index in [4.69, 9.17) is 5.73 Å². The summed E-state index contributed by atoms with van der Waals surface area (Å²) in [5, 5.41) is 0. The molecule has 2 rings (SSSR count). The van der Waals surface area contributed by atoms with E-state index in [9.17, 15) is 8.42 Å². The van der Waals surface area contributed by atoms with Gasteiger partial charge in [-0.3, -0.25) is 0 Å². The standard InChI is InChI=1S/C9H13BrN2O2S2.ClH/c10-8-3-4-9(15-8)16(13,14)12-5-1-2-7(11)6-12;/h3-4,7H,1-2,5-6,11H2;1H. The molecule has 1 aromatic heterocycles. The van der Waals surface area contributed by atoms with E-state index in [1.54, 1.807) is 12.1 Å². The number of rotatable bonds is 2. The Balaban J connectivity index is 0.00000144. The first-order valence-corrected chi connectivity index (χ1v) is 8.06. The lowest BCUT2D eigenvalue weighted by Gasteiger charge is -2.29. The zero-order valence-electron chi connectivity index (χ0n) is 9.00. The molecule has 2 heterocycles. The highest BCUT2D eigenvalue weighted by Gasteiger charge is 2.29. The van der Waals surface area contributed by atoms with Crippen LogP contribution in [0.3, 0.4) is 0 Å². The molecule has 1 aromatic rings. The minimum Gasteiger partial charge on any atom is -0.327 e. The highest BCUT2D eigenvalue weighted by atomic mass is 79.9. The van der Waals surface area contributed by atoms with Gasteiger partial charge in [-0.25, -0.2) is 8.42 Å². The molecule has 1 atom stereocenters. The average molecular weight is 362 g/mol. The fourth-order valence-corrected chi connectivity index (χ4v) is 5.46. The Kier molecular flexibility index (Phi) is 5.42. The van der Waals surface area contributed by atoms with Crippen LogP contribution < -0.4 is 5.73 Å². The van der Waals surface area contributed by atoms with E-state index in [2.05, 4.69) is 15.9 Å². The third-order valence-corrected chi connectivity index (χ3v) is 6.52. The highest BCUT2D eigenvalue weighted by molar-refractivity contribution is 9.11. The molecule has 0 aromatic carbocycles. The lowest BCUT2D eigenvalue weighted by atomic mass is 10.1. The summed E-state index contributed by atoms with van der Waals surface area (Å²) in [4.78, 5) is 0. The van der Waals surface area contributed by atoms with E-state index in [-0.39, 0.29) is 18.4 Å². The normalized spacial score (nSPS) is 22.1. The Morgan fingerprint density at radius 2 is 2.18 bits per heavy atom. The highest BCUT2D eigenvalue weighted by Crippen LogP contribution is 2.29. The number of nitrogens with zero attached hydrogens (tertiary/aromatic N) is 1. The van der Waals surface area contributed by atoms with E-state index in [1.165, 1.54) is 15.6 Å². The van der Waals surface area contributed by atoms with Gasteiger partial charge < -0.3 is 5.73 Å². The molecule has 0 aliphatic carbocycles. The van der Waals surface area contributed by atoms with Crippen molar-refractivity contribution in [3.8, 4) is 0 Å². The summed E-state index contributed by atoms with van der Waals surface area (Å²) in [6, 6.07) is 3.35. The predicted molar refractivity (Wildman–Crippen MR) is 75.2 cm³/mol. The van der Waals surface area contributed by atoms with Crippen molar-refractivity contribution in [2.75, 3.05) is 13.1 Å². The Bertz CT molecular complexity index is 477. The maximum absolute atomic E-state index is 12.2. The number of sulfonamides is 1. The summed E-state index contributed by atoms with van der Waals surface area (Å²) in [6.07, 6.45) is 1.74. The van der Waals surface area contributed by atoms with Crippen LogP contribution in [-0.2, 0) is 10.0 Å². The van der Waals surface area contributed by atoms with Gasteiger partial charge in [0.05, 0.1) is 3.79 Å². The molecule has 0 saturated carbocycles. The van der Waals surface area contributed by atoms with Crippen LogP contribution in [-0.4, -0.2) is 31.9 Å². The summed E-state index contributed by atoms with van der Waals surface area (Å²) in [5.74, 6) is 0. The maximum atomic E-state index is 12.2. The number of hydrogen-bond acceptors (Lipinski definition) is 4. The predicted octanol–water partition coefficient (Wildman–Crippen LogP) is 2.04. The van der Waals surface area contributed by atoms with Crippen LogP contribution in [0.5, 0.6) is 0 Å². The lowest BCUT2D eigenvalue weighted by molar-refractivity contribution is 0.316. The molecule has 2 N–H and O–H groups in total. The minimum atomic E-state index is -3.33. The van der Waals surface area contributed by atoms with Gasteiger partial charge in [0.1, 0.15) is 4.21 Å². The first kappa shape index (κ1) is 15.4. The summed E-state index contributed by atoms with van der Waals surface area (Å²) >= 11 is 4.51. The molecule has 8 heteroatoms. The van der Waals surface area contributed by atoms with Crippen molar-refractivity contribution in [2.24, 2.45) is 5.73 Å². The van der Waals surface area contributed by atoms with Crippen LogP contribution in [0.2, 0.25) is 0 Å². The van der Waals surface area contributed by atoms with Crippen LogP contribution in [0.15, 0.2) is 20.1 Å². The second kappa shape index (κ2) is 5.99. The molecule has 1 unspecified atom stereocenters. The fraction of sp³-hybridized carbons (Fsp3) is 0.556. The maximum Gasteiger partial charge on any atom is 0.252 e. The van der Waals surface area contributed by atoms with Gasteiger partial charge in [0.15, 0.2) is 0 Å². The molecule has 1 aliphatic heterocycles. The van der Waals surface area contributed by atoms with Crippen LogP contribution in [0.4, 0.5) is 0 Å². The van der Waals surface area contributed by atoms with Gasteiger partial charge in [0.25, 0.3) is 10.0 Å². The molecular weight excluding hydrogens is 348 g/mol. The SMILES string of the molecule is Cl.NC1CCCN(S(=O)(=O)c2ccc(Br)s2)C1. The van der Waals surface area contributed by atoms with Crippen LogP contribution in [0, 0.1) is 0 Å². The number of thiophene rings is 1. The third-order valence-electron chi connectivity index (χ3n) is 2.56. The monoisotopic (exact) mass is 360 g/mol. The molecule has 0 bridgehead atoms. The van der Waals surface area contributed by atoms with E-state index in [0.29, 0.717) is 17.3 Å². The lowest BCUT2D eigenvalue weighted by Crippen LogP contribution is -2.45. The number of nitrogens with two attached hydrogens (primary N) is 1. The van der Waals surface area contributed by atoms with Crippen molar-refractivity contribution in [1.82, 2.24) is 4.31 Å². The largest absolute Gasteiger partial charge is 0.327 e. The molecule has 4 nitrogen and oxygen atoms in total. The minimum absolute atomic E-state index is 0. The van der Waals surface area contributed by atoms with Crippen molar-refractivity contribution in [3.63, 3.8) is 0 Å². The summed E-state index contributed by atoms with van der Waals surface area (Å²) in [7, 11) is -3.33. The molecule has 1 fully saturated rings. The van der Waals surface area contributed by atoms with Gasteiger partial charge in [-0.1, -0.05) is 0 Å². The Labute approximate surface area is 120 Å². The van der Waals surface area contributed by atoms with Crippen molar-refractivity contribution in [3.05, 3.63) is 15.9 Å². The third kappa shape index (κ3) is 3.42. The zero-order valence-corrected chi connectivity index (χ0v) is 13.0. The van der Waals surface area contributed by atoms with Gasteiger partial charge in [0.2, 0.25) is 0 Å². The van der Waals surface area contributed by atoms with E-state index in [1.807, 2.05) is 0 Å². The molecule has 1 aliphatic rings. The second-order valence-corrected chi connectivity index (χ2v) is 8.45. The summed E-state index contributed by atoms with van der Waals surface area (Å²) < 4.78 is 27.1. The second-order valence-electron chi connectivity index (χ2n) is 3.82. The number of halogens is 2. The molecule has 1 saturated heterocycles. The summed E-state index contributed by atoms with van der Waals surface area (Å²) in [6.45, 7) is 1.00. The van der Waals surface area contributed by atoms with Crippen LogP contribution in [0.1, 0.15) is 12.8 Å². The number of piperidine rings is 1. The molecule has 0 amide bonds. The quantitative estimate of drug-likeness (QED) is 0.877. The molecule has 0 radical (unpaired) electrons. The van der Waals surface area contributed by atoms with E-state index < -0.39 is 10.0 Å². The van der Waals surface area contributed by atoms with Gasteiger partial charge in [-0.15, -0.1) is 23.7 Å². The topological polar surface area (TPSA) is 63.4 Å². The molecule has 17 heavy (non-hydrogen) atoms. The molecular formula is C9H14BrClN2O2S2. The molecule has 0 spiro atoms. The van der Waals surface area contributed by atoms with Crippen LogP contribution in [0.25, 0.3) is 0 Å². The van der Waals surface area contributed by atoms with Crippen molar-refractivity contribution >= 4 is 49.7 Å². The van der Waals surface area contributed by atoms with E-state index in [0.717, 1.165) is 16.6 Å². The smallest absolute Gasteiger partial charge is 0.252 e.